The quantitative estimate of drug-likeness (QED) is 0.573. The maximum atomic E-state index is 6.27. The molecular weight excluding hydrogens is 388 g/mol. The number of ether oxygens (including phenoxy) is 3. The van der Waals surface area contributed by atoms with E-state index in [1.54, 1.807) is 7.11 Å². The summed E-state index contributed by atoms with van der Waals surface area (Å²) in [5.41, 5.74) is -0.319. The van der Waals surface area contributed by atoms with Gasteiger partial charge in [-0.2, -0.15) is 0 Å². The second-order valence-corrected chi connectivity index (χ2v) is 8.25. The molecule has 5 heteroatoms. The highest BCUT2D eigenvalue weighted by molar-refractivity contribution is 9.28. The first-order valence-electron chi connectivity index (χ1n) is 7.33. The van der Waals surface area contributed by atoms with E-state index in [2.05, 4.69) is 45.7 Å². The number of hydrogen-bond donors (Lipinski definition) is 0. The highest BCUT2D eigenvalue weighted by Crippen LogP contribution is 2.30. The lowest BCUT2D eigenvalue weighted by molar-refractivity contribution is -0.149. The van der Waals surface area contributed by atoms with Crippen molar-refractivity contribution in [2.75, 3.05) is 20.3 Å². The Morgan fingerprint density at radius 1 is 1.50 bits per heavy atom. The molecule has 20 heavy (non-hydrogen) atoms. The van der Waals surface area contributed by atoms with E-state index in [1.165, 1.54) is 0 Å². The normalized spacial score (nSPS) is 23.9. The third-order valence-corrected chi connectivity index (χ3v) is 4.36. The van der Waals surface area contributed by atoms with Crippen molar-refractivity contribution < 1.29 is 14.2 Å². The molecule has 0 radical (unpaired) electrons. The van der Waals surface area contributed by atoms with Crippen LogP contribution in [0.1, 0.15) is 46.0 Å². The molecule has 0 aromatic rings. The number of unbranched alkanes of at least 4 members (excludes halogenated alkanes) is 1. The van der Waals surface area contributed by atoms with Crippen LogP contribution in [0.5, 0.6) is 0 Å². The molecular formula is C15H26Br2O3. The summed E-state index contributed by atoms with van der Waals surface area (Å²) in [7, 11) is 1.76. The van der Waals surface area contributed by atoms with Crippen molar-refractivity contribution in [1.29, 1.82) is 0 Å². The lowest BCUT2D eigenvalue weighted by Gasteiger charge is -2.38. The predicted molar refractivity (Wildman–Crippen MR) is 89.6 cm³/mol. The van der Waals surface area contributed by atoms with E-state index < -0.39 is 0 Å². The average Bonchev–Trinajstić information content (AvgIpc) is 2.44. The van der Waals surface area contributed by atoms with E-state index in [0.717, 1.165) is 42.1 Å². The van der Waals surface area contributed by atoms with Gasteiger partial charge in [-0.15, -0.1) is 0 Å². The molecule has 1 saturated heterocycles. The maximum Gasteiger partial charge on any atom is 0.107 e. The van der Waals surface area contributed by atoms with Gasteiger partial charge < -0.3 is 14.2 Å². The molecule has 0 aromatic carbocycles. The van der Waals surface area contributed by atoms with Gasteiger partial charge >= 0.3 is 0 Å². The molecule has 3 nitrogen and oxygen atoms in total. The van der Waals surface area contributed by atoms with Crippen molar-refractivity contribution in [1.82, 2.24) is 0 Å². The Labute approximate surface area is 139 Å². The largest absolute Gasteiger partial charge is 0.379 e. The molecule has 0 spiro atoms. The Bertz CT molecular complexity index is 299. The number of rotatable bonds is 8. The van der Waals surface area contributed by atoms with E-state index in [4.69, 9.17) is 14.2 Å². The van der Waals surface area contributed by atoms with Crippen LogP contribution < -0.4 is 0 Å². The Balaban J connectivity index is 2.76. The molecule has 118 valence electrons. The second-order valence-electron chi connectivity index (χ2n) is 5.47. The summed E-state index contributed by atoms with van der Waals surface area (Å²) in [4.78, 5) is 0. The van der Waals surface area contributed by atoms with E-state index in [1.807, 2.05) is 6.08 Å². The Kier molecular flexibility index (Phi) is 8.91. The van der Waals surface area contributed by atoms with Gasteiger partial charge in [-0.1, -0.05) is 19.8 Å². The summed E-state index contributed by atoms with van der Waals surface area (Å²) in [6, 6.07) is 0. The maximum absolute atomic E-state index is 6.27. The SMILES string of the molecule is CCCC[C@@](C)(OC)[C@@H](C=C(Br)Br)OC1CCCOC1. The summed E-state index contributed by atoms with van der Waals surface area (Å²) >= 11 is 6.88. The summed E-state index contributed by atoms with van der Waals surface area (Å²) in [6.07, 6.45) is 7.46. The lowest BCUT2D eigenvalue weighted by atomic mass is 9.92. The van der Waals surface area contributed by atoms with Crippen LogP contribution in [0.25, 0.3) is 0 Å². The Morgan fingerprint density at radius 2 is 2.25 bits per heavy atom. The number of methoxy groups -OCH3 is 1. The molecule has 0 N–H and O–H groups in total. The van der Waals surface area contributed by atoms with E-state index in [9.17, 15) is 0 Å². The first-order valence-corrected chi connectivity index (χ1v) is 8.91. The zero-order valence-electron chi connectivity index (χ0n) is 12.7. The van der Waals surface area contributed by atoms with Crippen molar-refractivity contribution in [3.63, 3.8) is 0 Å². The molecule has 0 bridgehead atoms. The topological polar surface area (TPSA) is 27.7 Å². The molecule has 0 amide bonds. The summed E-state index contributed by atoms with van der Waals surface area (Å²) < 4.78 is 18.5. The monoisotopic (exact) mass is 412 g/mol. The first-order chi connectivity index (χ1) is 9.51. The molecule has 1 aliphatic heterocycles. The van der Waals surface area contributed by atoms with E-state index in [0.29, 0.717) is 6.61 Å². The zero-order chi connectivity index (χ0) is 15.0. The first kappa shape index (κ1) is 18.6. The minimum Gasteiger partial charge on any atom is -0.379 e. The van der Waals surface area contributed by atoms with Crippen molar-refractivity contribution >= 4 is 31.9 Å². The molecule has 3 atom stereocenters. The van der Waals surface area contributed by atoms with Crippen LogP contribution in [-0.2, 0) is 14.2 Å². The summed E-state index contributed by atoms with van der Waals surface area (Å²) in [6.45, 7) is 5.84. The van der Waals surface area contributed by atoms with Crippen LogP contribution in [-0.4, -0.2) is 38.1 Å². The fourth-order valence-corrected chi connectivity index (χ4v) is 2.87. The molecule has 0 saturated carbocycles. The second kappa shape index (κ2) is 9.57. The van der Waals surface area contributed by atoms with Crippen LogP contribution in [0, 0.1) is 0 Å². The molecule has 0 aliphatic carbocycles. The zero-order valence-corrected chi connectivity index (χ0v) is 15.8. The molecule has 1 heterocycles. The van der Waals surface area contributed by atoms with Gasteiger partial charge in [0.15, 0.2) is 0 Å². The van der Waals surface area contributed by atoms with Gasteiger partial charge in [0.2, 0.25) is 0 Å². The van der Waals surface area contributed by atoms with Crippen molar-refractivity contribution in [3.05, 3.63) is 9.47 Å². The standard InChI is InChI=1S/C15H26Br2O3/c1-4-5-8-15(2,18-3)13(10-14(16)17)20-12-7-6-9-19-11-12/h10,12-13H,4-9,11H2,1-3H3/t12?,13-,15-/m1/s1. The van der Waals surface area contributed by atoms with E-state index in [-0.39, 0.29) is 17.8 Å². The Hall–Kier alpha value is 0.580. The van der Waals surface area contributed by atoms with Crippen LogP contribution in [0.3, 0.4) is 0 Å². The number of halogens is 2. The molecule has 1 fully saturated rings. The van der Waals surface area contributed by atoms with Gasteiger partial charge in [-0.3, -0.25) is 0 Å². The van der Waals surface area contributed by atoms with Gasteiger partial charge in [-0.05, 0) is 64.1 Å². The minimum atomic E-state index is -0.319. The van der Waals surface area contributed by atoms with Crippen LogP contribution >= 0.6 is 31.9 Å². The predicted octanol–water partition coefficient (Wildman–Crippen LogP) is 4.78. The van der Waals surface area contributed by atoms with Gasteiger partial charge in [0.25, 0.3) is 0 Å². The molecule has 0 aromatic heterocycles. The van der Waals surface area contributed by atoms with E-state index >= 15 is 0 Å². The average molecular weight is 414 g/mol. The number of hydrogen-bond acceptors (Lipinski definition) is 3. The van der Waals surface area contributed by atoms with Crippen LogP contribution in [0.2, 0.25) is 0 Å². The summed E-state index contributed by atoms with van der Waals surface area (Å²) in [5.74, 6) is 0. The molecule has 1 rings (SSSR count). The van der Waals surface area contributed by atoms with Crippen molar-refractivity contribution in [2.45, 2.75) is 63.8 Å². The summed E-state index contributed by atoms with van der Waals surface area (Å²) in [5, 5.41) is 0. The third kappa shape index (κ3) is 6.14. The fourth-order valence-electron chi connectivity index (χ4n) is 2.39. The Morgan fingerprint density at radius 3 is 2.75 bits per heavy atom. The molecule has 1 aliphatic rings. The van der Waals surface area contributed by atoms with Gasteiger partial charge in [-0.25, -0.2) is 0 Å². The highest BCUT2D eigenvalue weighted by Gasteiger charge is 2.35. The van der Waals surface area contributed by atoms with Crippen LogP contribution in [0.4, 0.5) is 0 Å². The van der Waals surface area contributed by atoms with Crippen molar-refractivity contribution in [2.24, 2.45) is 0 Å². The third-order valence-electron chi connectivity index (χ3n) is 3.83. The lowest BCUT2D eigenvalue weighted by Crippen LogP contribution is -2.45. The molecule has 1 unspecified atom stereocenters. The smallest absolute Gasteiger partial charge is 0.107 e. The highest BCUT2D eigenvalue weighted by atomic mass is 79.9. The van der Waals surface area contributed by atoms with Crippen LogP contribution in [0.15, 0.2) is 9.47 Å². The van der Waals surface area contributed by atoms with Crippen molar-refractivity contribution in [3.8, 4) is 0 Å². The fraction of sp³-hybridized carbons (Fsp3) is 0.867. The minimum absolute atomic E-state index is 0.0977. The van der Waals surface area contributed by atoms with Gasteiger partial charge in [0, 0.05) is 13.7 Å². The van der Waals surface area contributed by atoms with Gasteiger partial charge in [0.1, 0.15) is 6.10 Å². The van der Waals surface area contributed by atoms with Gasteiger partial charge in [0.05, 0.1) is 21.7 Å².